The van der Waals surface area contributed by atoms with Gasteiger partial charge in [-0.25, -0.2) is 29.3 Å². The van der Waals surface area contributed by atoms with Crippen LogP contribution in [0, 0.1) is 0 Å². The molecule has 12 nitrogen and oxygen atoms in total. The van der Waals surface area contributed by atoms with Crippen molar-refractivity contribution < 1.29 is 0 Å². The van der Waals surface area contributed by atoms with Gasteiger partial charge in [-0.3, -0.25) is 0 Å². The molecular formula is C11H7Cl6N9O3. The molecule has 0 bridgehead atoms. The zero-order valence-corrected chi connectivity index (χ0v) is 18.0. The molecule has 0 aliphatic rings. The van der Waals surface area contributed by atoms with Crippen LogP contribution >= 0.6 is 70.1 Å². The van der Waals surface area contributed by atoms with E-state index in [1.165, 1.54) is 12.4 Å². The summed E-state index contributed by atoms with van der Waals surface area (Å²) in [5.74, 6) is 0.335. The number of hydrogen-bond donors (Lipinski definition) is 2. The van der Waals surface area contributed by atoms with Crippen LogP contribution < -0.4 is 28.5 Å². The molecule has 0 amide bonds. The summed E-state index contributed by atoms with van der Waals surface area (Å²) in [6.45, 7) is 0. The molecular weight excluding hydrogens is 519 g/mol. The lowest BCUT2D eigenvalue weighted by Crippen LogP contribution is -2.47. The predicted octanol–water partition coefficient (Wildman–Crippen LogP) is 1.26. The van der Waals surface area contributed by atoms with Crippen LogP contribution in [-0.4, -0.2) is 32.2 Å². The lowest BCUT2D eigenvalue weighted by Gasteiger charge is -1.96. The van der Waals surface area contributed by atoms with Gasteiger partial charge >= 0.3 is 17.1 Å². The van der Waals surface area contributed by atoms with Crippen molar-refractivity contribution in [2.45, 2.75) is 0 Å². The number of nitrogens with two attached hydrogens (primary N) is 2. The molecule has 0 aliphatic heterocycles. The summed E-state index contributed by atoms with van der Waals surface area (Å²) in [6.07, 6.45) is 2.86. The zero-order chi connectivity index (χ0) is 22.3. The molecule has 18 heteroatoms. The largest absolute Gasteiger partial charge is 0.368 e. The monoisotopic (exact) mass is 523 g/mol. The quantitative estimate of drug-likeness (QED) is 0.410. The second-order valence-corrected chi connectivity index (χ2v) is 6.46. The highest BCUT2D eigenvalue weighted by molar-refractivity contribution is 6.41. The van der Waals surface area contributed by atoms with Crippen molar-refractivity contribution in [2.75, 3.05) is 11.5 Å². The van der Waals surface area contributed by atoms with E-state index in [2.05, 4.69) is 19.9 Å². The van der Waals surface area contributed by atoms with E-state index in [0.717, 1.165) is 0 Å². The fraction of sp³-hybridized carbons (Fsp3) is 0. The van der Waals surface area contributed by atoms with Crippen LogP contribution in [0.2, 0.25) is 15.3 Å². The maximum atomic E-state index is 10.8. The van der Waals surface area contributed by atoms with Crippen LogP contribution in [0.3, 0.4) is 0 Å². The maximum Gasteiger partial charge on any atom is 0.366 e. The first-order valence-electron chi connectivity index (χ1n) is 6.62. The minimum absolute atomic E-state index is 0.0847. The molecule has 0 spiro atoms. The Morgan fingerprint density at radius 3 is 1.52 bits per heavy atom. The molecule has 0 atom stereocenters. The normalized spacial score (nSPS) is 9.72. The van der Waals surface area contributed by atoms with Gasteiger partial charge in [-0.1, -0.05) is 34.8 Å². The van der Waals surface area contributed by atoms with Gasteiger partial charge in [0.25, 0.3) is 0 Å². The molecule has 156 valence electrons. The Morgan fingerprint density at radius 2 is 1.21 bits per heavy atom. The lowest BCUT2D eigenvalue weighted by molar-refractivity contribution is 0.770. The molecule has 0 fully saturated rings. The topological polar surface area (TPSA) is 170 Å². The molecule has 0 aliphatic carbocycles. The molecule has 4 N–H and O–H groups in total. The van der Waals surface area contributed by atoms with Gasteiger partial charge in [0.1, 0.15) is 5.15 Å². The Bertz CT molecular complexity index is 1060. The number of nitrogen functional groups attached to an aromatic ring is 2. The van der Waals surface area contributed by atoms with Crippen LogP contribution in [0.1, 0.15) is 0 Å². The van der Waals surface area contributed by atoms with E-state index in [1.54, 1.807) is 6.07 Å². The van der Waals surface area contributed by atoms with Crippen molar-refractivity contribution in [3.63, 3.8) is 0 Å². The van der Waals surface area contributed by atoms with Gasteiger partial charge in [-0.05, 0) is 6.07 Å². The highest BCUT2D eigenvalue weighted by Gasteiger charge is 2.10. The van der Waals surface area contributed by atoms with Crippen molar-refractivity contribution in [2.24, 2.45) is 0 Å². The minimum Gasteiger partial charge on any atom is -0.368 e. The number of rotatable bonds is 0. The Balaban J connectivity index is 0.000000223. The van der Waals surface area contributed by atoms with E-state index in [0.29, 0.717) is 10.2 Å². The molecule has 3 aromatic rings. The summed E-state index contributed by atoms with van der Waals surface area (Å²) in [4.78, 5) is 46.6. The van der Waals surface area contributed by atoms with Gasteiger partial charge < -0.3 is 11.5 Å². The van der Waals surface area contributed by atoms with Crippen LogP contribution in [0.15, 0.2) is 32.8 Å². The van der Waals surface area contributed by atoms with E-state index in [1.807, 2.05) is 0 Å². The number of hydrogen-bond acceptors (Lipinski definition) is 9. The molecule has 0 saturated heterocycles. The molecule has 3 rings (SSSR count). The number of anilines is 2. The minimum atomic E-state index is -1.16. The number of aromatic nitrogens is 7. The summed E-state index contributed by atoms with van der Waals surface area (Å²) in [5.41, 5.74) is 6.83. The van der Waals surface area contributed by atoms with Crippen LogP contribution in [0.5, 0.6) is 0 Å². The first-order valence-corrected chi connectivity index (χ1v) is 8.77. The Labute approximate surface area is 190 Å². The molecule has 0 radical (unpaired) electrons. The van der Waals surface area contributed by atoms with Crippen molar-refractivity contribution in [1.82, 2.24) is 32.2 Å². The van der Waals surface area contributed by atoms with Crippen molar-refractivity contribution >= 4 is 82.0 Å². The molecule has 3 aromatic heterocycles. The fourth-order valence-corrected chi connectivity index (χ4v) is 2.13. The molecule has 0 unspecified atom stereocenters. The predicted molar refractivity (Wildman–Crippen MR) is 111 cm³/mol. The highest BCUT2D eigenvalue weighted by Crippen LogP contribution is 2.17. The third-order valence-electron chi connectivity index (χ3n) is 2.37. The third kappa shape index (κ3) is 7.34. The molecule has 3 heterocycles. The average Bonchev–Trinajstić information content (AvgIpc) is 2.67. The van der Waals surface area contributed by atoms with Crippen LogP contribution in [-0.2, 0) is 0 Å². The van der Waals surface area contributed by atoms with E-state index < -0.39 is 17.1 Å². The van der Waals surface area contributed by atoms with Gasteiger partial charge in [0.05, 0.1) is 11.2 Å². The highest BCUT2D eigenvalue weighted by atomic mass is 35.5. The zero-order valence-electron chi connectivity index (χ0n) is 13.5. The van der Waals surface area contributed by atoms with Crippen LogP contribution in [0.4, 0.5) is 11.9 Å². The molecule has 0 aromatic carbocycles. The average molecular weight is 526 g/mol. The van der Waals surface area contributed by atoms with Crippen molar-refractivity contribution in [1.29, 1.82) is 0 Å². The summed E-state index contributed by atoms with van der Waals surface area (Å²) in [7, 11) is 0. The van der Waals surface area contributed by atoms with Crippen molar-refractivity contribution in [3.8, 4) is 0 Å². The second kappa shape index (κ2) is 11.2. The van der Waals surface area contributed by atoms with Gasteiger partial charge in [-0.2, -0.15) is 4.98 Å². The standard InChI is InChI=1S/C4H3Cl2N3.C4H4ClN3.C3Cl3N3O3/c5-2-1-8-4(7)9-3(2)6;5-3-1-2-7-4(6)8-3;4-7-1(10)8(5)3(12)9(6)2(7)11/h1H,(H2,7,8,9);1-2H,(H2,6,7,8);. The van der Waals surface area contributed by atoms with Gasteiger partial charge in [0, 0.05) is 41.5 Å². The van der Waals surface area contributed by atoms with E-state index in [-0.39, 0.29) is 29.3 Å². The van der Waals surface area contributed by atoms with E-state index >= 15 is 0 Å². The van der Waals surface area contributed by atoms with Gasteiger partial charge in [-0.15, -0.1) is 12.3 Å². The Hall–Kier alpha value is -2.09. The summed E-state index contributed by atoms with van der Waals surface area (Å²) >= 11 is 31.6. The maximum absolute atomic E-state index is 10.8. The van der Waals surface area contributed by atoms with E-state index in [9.17, 15) is 14.4 Å². The first kappa shape index (κ1) is 24.9. The van der Waals surface area contributed by atoms with E-state index in [4.69, 9.17) is 81.6 Å². The third-order valence-corrected chi connectivity index (χ3v) is 4.11. The van der Waals surface area contributed by atoms with Crippen LogP contribution in [0.25, 0.3) is 0 Å². The Kier molecular flexibility index (Phi) is 9.62. The second-order valence-electron chi connectivity index (χ2n) is 4.29. The van der Waals surface area contributed by atoms with Gasteiger partial charge in [0.2, 0.25) is 11.9 Å². The Morgan fingerprint density at radius 1 is 0.759 bits per heavy atom. The SMILES string of the molecule is Nc1ncc(Cl)c(Cl)n1.Nc1nccc(Cl)n1.O=c1n(Cl)c(=O)n(Cl)c(=O)n1Cl. The number of halogens is 6. The number of nitrogens with zero attached hydrogens (tertiary/aromatic N) is 7. The summed E-state index contributed by atoms with van der Waals surface area (Å²) in [5, 5.41) is 0.868. The first-order chi connectivity index (χ1) is 13.5. The molecule has 29 heavy (non-hydrogen) atoms. The fourth-order valence-electron chi connectivity index (χ4n) is 1.19. The smallest absolute Gasteiger partial charge is 0.366 e. The lowest BCUT2D eigenvalue weighted by atomic mass is 10.7. The summed E-state index contributed by atoms with van der Waals surface area (Å²) in [6, 6.07) is 1.57. The van der Waals surface area contributed by atoms with Crippen molar-refractivity contribution in [3.05, 3.63) is 65.2 Å². The molecule has 0 saturated carbocycles. The van der Waals surface area contributed by atoms with Gasteiger partial charge in [0.15, 0.2) is 5.15 Å². The summed E-state index contributed by atoms with van der Waals surface area (Å²) < 4.78 is 0.254.